The Hall–Kier alpha value is -2.51. The van der Waals surface area contributed by atoms with Crippen LogP contribution in [0.15, 0.2) is 53.7 Å². The number of ether oxygens (including phenoxy) is 1. The molecule has 0 saturated carbocycles. The Morgan fingerprint density at radius 3 is 2.54 bits per heavy atom. The van der Waals surface area contributed by atoms with Crippen molar-refractivity contribution in [1.29, 1.82) is 0 Å². The van der Waals surface area contributed by atoms with Crippen molar-refractivity contribution in [2.24, 2.45) is 7.05 Å². The average molecular weight is 417 g/mol. The van der Waals surface area contributed by atoms with Gasteiger partial charge in [0.05, 0.1) is 12.9 Å². The number of nitrogens with one attached hydrogen (secondary N) is 1. The first kappa shape index (κ1) is 20.2. The quantitative estimate of drug-likeness (QED) is 0.568. The summed E-state index contributed by atoms with van der Waals surface area (Å²) < 4.78 is 7.06. The molecule has 0 aliphatic rings. The van der Waals surface area contributed by atoms with Crippen LogP contribution in [0.1, 0.15) is 5.56 Å². The average Bonchev–Trinajstić information content (AvgIpc) is 3.08. The maximum atomic E-state index is 12.1. The molecular formula is C20H21ClN4O2S. The van der Waals surface area contributed by atoms with E-state index in [0.29, 0.717) is 16.7 Å². The van der Waals surface area contributed by atoms with Crippen molar-refractivity contribution >= 4 is 29.3 Å². The van der Waals surface area contributed by atoms with Crippen LogP contribution < -0.4 is 10.1 Å². The predicted molar refractivity (Wildman–Crippen MR) is 112 cm³/mol. The minimum absolute atomic E-state index is 0.0343. The number of hydrogen-bond donors (Lipinski definition) is 1. The molecule has 0 unspecified atom stereocenters. The highest BCUT2D eigenvalue weighted by Crippen LogP contribution is 2.24. The van der Waals surface area contributed by atoms with Gasteiger partial charge in [0.1, 0.15) is 5.75 Å². The summed E-state index contributed by atoms with van der Waals surface area (Å²) in [6, 6.07) is 15.2. The number of carbonyl (C=O) groups is 1. The van der Waals surface area contributed by atoms with Crippen LogP contribution in [0, 0.1) is 0 Å². The molecule has 0 fully saturated rings. The zero-order valence-corrected chi connectivity index (χ0v) is 17.3. The molecule has 0 aliphatic heterocycles. The second-order valence-corrected chi connectivity index (χ2v) is 7.49. The SMILES string of the molecule is COc1ccc(-c2nnc(SCC(=O)NCCc3ccc(Cl)cc3)n2C)cc1. The highest BCUT2D eigenvalue weighted by Gasteiger charge is 2.13. The fourth-order valence-electron chi connectivity index (χ4n) is 2.61. The van der Waals surface area contributed by atoms with Gasteiger partial charge in [-0.1, -0.05) is 35.5 Å². The molecule has 1 N–H and O–H groups in total. The molecule has 3 rings (SSSR count). The Morgan fingerprint density at radius 2 is 1.86 bits per heavy atom. The van der Waals surface area contributed by atoms with E-state index in [-0.39, 0.29) is 11.7 Å². The smallest absolute Gasteiger partial charge is 0.230 e. The van der Waals surface area contributed by atoms with E-state index in [0.717, 1.165) is 29.1 Å². The third-order valence-corrected chi connectivity index (χ3v) is 5.44. The van der Waals surface area contributed by atoms with Gasteiger partial charge in [-0.05, 0) is 48.4 Å². The monoisotopic (exact) mass is 416 g/mol. The van der Waals surface area contributed by atoms with Gasteiger partial charge in [0, 0.05) is 24.2 Å². The lowest BCUT2D eigenvalue weighted by Crippen LogP contribution is -2.27. The zero-order valence-electron chi connectivity index (χ0n) is 15.7. The van der Waals surface area contributed by atoms with E-state index in [1.54, 1.807) is 7.11 Å². The van der Waals surface area contributed by atoms with E-state index >= 15 is 0 Å². The number of hydrogen-bond acceptors (Lipinski definition) is 5. The Bertz CT molecular complexity index is 926. The number of rotatable bonds is 8. The van der Waals surface area contributed by atoms with Gasteiger partial charge in [-0.2, -0.15) is 0 Å². The molecule has 0 bridgehead atoms. The van der Waals surface area contributed by atoms with Gasteiger partial charge >= 0.3 is 0 Å². The van der Waals surface area contributed by atoms with Gasteiger partial charge in [-0.3, -0.25) is 4.79 Å². The fraction of sp³-hybridized carbons (Fsp3) is 0.250. The van der Waals surface area contributed by atoms with Gasteiger partial charge in [0.15, 0.2) is 11.0 Å². The van der Waals surface area contributed by atoms with Crippen LogP contribution in [0.5, 0.6) is 5.75 Å². The maximum absolute atomic E-state index is 12.1. The van der Waals surface area contributed by atoms with Crippen molar-refractivity contribution in [2.75, 3.05) is 19.4 Å². The van der Waals surface area contributed by atoms with E-state index in [1.165, 1.54) is 11.8 Å². The summed E-state index contributed by atoms with van der Waals surface area (Å²) >= 11 is 7.23. The van der Waals surface area contributed by atoms with Crippen molar-refractivity contribution in [1.82, 2.24) is 20.1 Å². The van der Waals surface area contributed by atoms with Crippen LogP contribution in [-0.4, -0.2) is 40.1 Å². The van der Waals surface area contributed by atoms with Crippen LogP contribution in [0.2, 0.25) is 5.02 Å². The van der Waals surface area contributed by atoms with Crippen LogP contribution in [0.4, 0.5) is 0 Å². The van der Waals surface area contributed by atoms with E-state index in [2.05, 4.69) is 15.5 Å². The third-order valence-electron chi connectivity index (χ3n) is 4.16. The van der Waals surface area contributed by atoms with E-state index in [1.807, 2.05) is 60.1 Å². The summed E-state index contributed by atoms with van der Waals surface area (Å²) in [6.45, 7) is 0.580. The number of aromatic nitrogens is 3. The summed E-state index contributed by atoms with van der Waals surface area (Å²) in [6.07, 6.45) is 0.763. The first-order valence-corrected chi connectivity index (χ1v) is 10.1. The molecule has 1 heterocycles. The molecule has 0 saturated heterocycles. The molecule has 28 heavy (non-hydrogen) atoms. The summed E-state index contributed by atoms with van der Waals surface area (Å²) in [5.74, 6) is 1.78. The second-order valence-electron chi connectivity index (χ2n) is 6.11. The summed E-state index contributed by atoms with van der Waals surface area (Å²) in [7, 11) is 3.52. The summed E-state index contributed by atoms with van der Waals surface area (Å²) in [5, 5.41) is 12.8. The first-order chi connectivity index (χ1) is 13.6. The van der Waals surface area contributed by atoms with Gasteiger partial charge in [0.25, 0.3) is 0 Å². The number of carbonyl (C=O) groups excluding carboxylic acids is 1. The van der Waals surface area contributed by atoms with Crippen molar-refractivity contribution < 1.29 is 9.53 Å². The fourth-order valence-corrected chi connectivity index (χ4v) is 3.48. The minimum atomic E-state index is -0.0343. The predicted octanol–water partition coefficient (Wildman–Crippen LogP) is 3.60. The van der Waals surface area contributed by atoms with Gasteiger partial charge in [-0.25, -0.2) is 0 Å². The van der Waals surface area contributed by atoms with Crippen LogP contribution >= 0.6 is 23.4 Å². The number of methoxy groups -OCH3 is 1. The lowest BCUT2D eigenvalue weighted by atomic mass is 10.1. The van der Waals surface area contributed by atoms with Crippen LogP contribution in [-0.2, 0) is 18.3 Å². The molecule has 3 aromatic rings. The maximum Gasteiger partial charge on any atom is 0.230 e. The number of benzene rings is 2. The highest BCUT2D eigenvalue weighted by molar-refractivity contribution is 7.99. The van der Waals surface area contributed by atoms with Crippen molar-refractivity contribution in [3.63, 3.8) is 0 Å². The largest absolute Gasteiger partial charge is 0.497 e. The molecule has 1 aromatic heterocycles. The van der Waals surface area contributed by atoms with Crippen molar-refractivity contribution in [2.45, 2.75) is 11.6 Å². The minimum Gasteiger partial charge on any atom is -0.497 e. The van der Waals surface area contributed by atoms with Crippen molar-refractivity contribution in [3.05, 3.63) is 59.1 Å². The Morgan fingerprint density at radius 1 is 1.14 bits per heavy atom. The number of nitrogens with zero attached hydrogens (tertiary/aromatic N) is 3. The molecule has 6 nitrogen and oxygen atoms in total. The number of amides is 1. The molecule has 8 heteroatoms. The molecule has 146 valence electrons. The molecule has 0 atom stereocenters. The zero-order chi connectivity index (χ0) is 19.9. The lowest BCUT2D eigenvalue weighted by Gasteiger charge is -2.06. The summed E-state index contributed by atoms with van der Waals surface area (Å²) in [5.41, 5.74) is 2.07. The van der Waals surface area contributed by atoms with Crippen LogP contribution in [0.25, 0.3) is 11.4 Å². The standard InChI is InChI=1S/C20H21ClN4O2S/c1-25-19(15-5-9-17(27-2)10-6-15)23-24-20(25)28-13-18(26)22-12-11-14-3-7-16(21)8-4-14/h3-10H,11-13H2,1-2H3,(H,22,26). The number of halogens is 1. The van der Waals surface area contributed by atoms with E-state index in [4.69, 9.17) is 16.3 Å². The van der Waals surface area contributed by atoms with Gasteiger partial charge in [-0.15, -0.1) is 10.2 Å². The lowest BCUT2D eigenvalue weighted by molar-refractivity contribution is -0.118. The van der Waals surface area contributed by atoms with E-state index < -0.39 is 0 Å². The molecule has 1 amide bonds. The first-order valence-electron chi connectivity index (χ1n) is 8.74. The number of thioether (sulfide) groups is 1. The van der Waals surface area contributed by atoms with E-state index in [9.17, 15) is 4.79 Å². The molecular weight excluding hydrogens is 396 g/mol. The van der Waals surface area contributed by atoms with Gasteiger partial charge in [0.2, 0.25) is 5.91 Å². The Balaban J connectivity index is 1.49. The molecule has 2 aromatic carbocycles. The third kappa shape index (κ3) is 5.27. The van der Waals surface area contributed by atoms with Crippen LogP contribution in [0.3, 0.4) is 0 Å². The Kier molecular flexibility index (Phi) is 6.95. The van der Waals surface area contributed by atoms with Crippen molar-refractivity contribution in [3.8, 4) is 17.1 Å². The molecule has 0 radical (unpaired) electrons. The highest BCUT2D eigenvalue weighted by atomic mass is 35.5. The Labute approximate surface area is 173 Å². The summed E-state index contributed by atoms with van der Waals surface area (Å²) in [4.78, 5) is 12.1. The van der Waals surface area contributed by atoms with Gasteiger partial charge < -0.3 is 14.6 Å². The topological polar surface area (TPSA) is 69.0 Å². The molecule has 0 spiro atoms. The molecule has 0 aliphatic carbocycles. The second kappa shape index (κ2) is 9.61. The normalized spacial score (nSPS) is 10.7.